The van der Waals surface area contributed by atoms with Crippen molar-refractivity contribution in [3.63, 3.8) is 0 Å². The van der Waals surface area contributed by atoms with Gasteiger partial charge >= 0.3 is 0 Å². The number of ketones is 1. The van der Waals surface area contributed by atoms with Crippen molar-refractivity contribution in [3.8, 4) is 0 Å². The molecule has 1 saturated heterocycles. The van der Waals surface area contributed by atoms with E-state index in [0.29, 0.717) is 10.2 Å². The minimum Gasteiger partial charge on any atom is -0.298 e. The molecule has 1 aromatic carbocycles. The number of amidine groups is 1. The number of amides is 1. The molecule has 24 heavy (non-hydrogen) atoms. The molecule has 0 unspecified atom stereocenters. The minimum absolute atomic E-state index is 0.116. The van der Waals surface area contributed by atoms with E-state index in [4.69, 9.17) is 16.6 Å². The molecular weight excluding hydrogens is 344 g/mol. The average molecular weight is 361 g/mol. The molecule has 6 heteroatoms. The molecule has 4 nitrogen and oxygen atoms in total. The number of aliphatic imine (C=N–C) groups is 1. The highest BCUT2D eigenvalue weighted by molar-refractivity contribution is 8.16. The molecule has 1 fully saturated rings. The first-order valence-electron chi connectivity index (χ1n) is 8.12. The smallest absolute Gasteiger partial charge is 0.250 e. The van der Waals surface area contributed by atoms with E-state index in [0.717, 1.165) is 36.9 Å². The van der Waals surface area contributed by atoms with Crippen LogP contribution < -0.4 is 0 Å². The molecule has 4 rings (SSSR count). The van der Waals surface area contributed by atoms with Gasteiger partial charge in [-0.15, -0.1) is 0 Å². The van der Waals surface area contributed by atoms with Crippen molar-refractivity contribution in [1.29, 1.82) is 0 Å². The van der Waals surface area contributed by atoms with E-state index in [1.54, 1.807) is 4.90 Å². The summed E-state index contributed by atoms with van der Waals surface area (Å²) in [5, 5.41) is 0.672. The van der Waals surface area contributed by atoms with Crippen molar-refractivity contribution in [2.75, 3.05) is 0 Å². The molecule has 1 amide bonds. The zero-order chi connectivity index (χ0) is 16.8. The van der Waals surface area contributed by atoms with Crippen molar-refractivity contribution in [2.24, 2.45) is 4.99 Å². The fourth-order valence-corrected chi connectivity index (χ4v) is 4.80. The Morgan fingerprint density at radius 3 is 2.67 bits per heavy atom. The quantitative estimate of drug-likeness (QED) is 0.746. The fraction of sp³-hybridized carbons (Fsp3) is 0.389. The van der Waals surface area contributed by atoms with Crippen molar-refractivity contribution < 1.29 is 9.59 Å². The lowest BCUT2D eigenvalue weighted by molar-refractivity contribution is -0.131. The zero-order valence-electron chi connectivity index (χ0n) is 13.3. The standard InChI is InChI=1S/C18H17ClN2O2S/c1-10(22)16-17(23)21-15(11-6-8-12(19)9-7-11)13-4-2-3-5-14(13)20-18(21)24-16/h6-9,15-16H,2-5H2,1H3/t15-,16-/m0/s1. The number of carbonyl (C=O) groups is 2. The maximum atomic E-state index is 12.9. The predicted octanol–water partition coefficient (Wildman–Crippen LogP) is 4.11. The lowest BCUT2D eigenvalue weighted by atomic mass is 9.86. The number of thioether (sulfide) groups is 1. The molecule has 0 radical (unpaired) electrons. The Hall–Kier alpha value is -1.59. The number of rotatable bonds is 2. The van der Waals surface area contributed by atoms with Crippen LogP contribution in [0.25, 0.3) is 0 Å². The number of hydrogen-bond donors (Lipinski definition) is 0. The lowest BCUT2D eigenvalue weighted by Crippen LogP contribution is -2.40. The van der Waals surface area contributed by atoms with Crippen LogP contribution in [-0.2, 0) is 9.59 Å². The second-order valence-electron chi connectivity index (χ2n) is 6.34. The topological polar surface area (TPSA) is 49.7 Å². The predicted molar refractivity (Wildman–Crippen MR) is 96.0 cm³/mol. The van der Waals surface area contributed by atoms with Crippen molar-refractivity contribution in [1.82, 2.24) is 4.90 Å². The van der Waals surface area contributed by atoms with Crippen molar-refractivity contribution in [2.45, 2.75) is 43.9 Å². The molecule has 2 atom stereocenters. The van der Waals surface area contributed by atoms with E-state index in [1.807, 2.05) is 24.3 Å². The molecule has 0 bridgehead atoms. The van der Waals surface area contributed by atoms with Crippen LogP contribution in [0.5, 0.6) is 0 Å². The number of allylic oxidation sites excluding steroid dienone is 1. The van der Waals surface area contributed by atoms with Gasteiger partial charge < -0.3 is 0 Å². The van der Waals surface area contributed by atoms with E-state index in [-0.39, 0.29) is 17.7 Å². The molecule has 0 spiro atoms. The number of halogens is 1. The molecule has 124 valence electrons. The normalized spacial score (nSPS) is 26.2. The van der Waals surface area contributed by atoms with Gasteiger partial charge in [0.25, 0.3) is 5.91 Å². The number of nitrogens with zero attached hydrogens (tertiary/aromatic N) is 2. The summed E-state index contributed by atoms with van der Waals surface area (Å²) in [6, 6.07) is 7.47. The van der Waals surface area contributed by atoms with Gasteiger partial charge in [0, 0.05) is 10.7 Å². The molecule has 2 heterocycles. The Morgan fingerprint density at radius 1 is 1.25 bits per heavy atom. The van der Waals surface area contributed by atoms with Gasteiger partial charge in [-0.2, -0.15) is 0 Å². The van der Waals surface area contributed by atoms with Crippen LogP contribution in [0, 0.1) is 0 Å². The summed E-state index contributed by atoms with van der Waals surface area (Å²) in [6.45, 7) is 1.47. The third-order valence-corrected chi connectivity index (χ3v) is 6.27. The first kappa shape index (κ1) is 15.9. The van der Waals surface area contributed by atoms with Crippen molar-refractivity contribution >= 4 is 40.2 Å². The SMILES string of the molecule is CC(=O)[C@@H]1SC2=NC3=C(CCCC3)[C@H](c3ccc(Cl)cc3)N2C1=O. The Kier molecular flexibility index (Phi) is 4.01. The van der Waals surface area contributed by atoms with Crippen LogP contribution in [0.4, 0.5) is 0 Å². The number of benzene rings is 1. The highest BCUT2D eigenvalue weighted by atomic mass is 35.5. The fourth-order valence-electron chi connectivity index (χ4n) is 3.61. The van der Waals surface area contributed by atoms with Gasteiger partial charge in [0.1, 0.15) is 5.25 Å². The monoisotopic (exact) mass is 360 g/mol. The zero-order valence-corrected chi connectivity index (χ0v) is 14.9. The van der Waals surface area contributed by atoms with Crippen LogP contribution in [0.3, 0.4) is 0 Å². The molecule has 0 aromatic heterocycles. The van der Waals surface area contributed by atoms with Gasteiger partial charge in [-0.25, -0.2) is 4.99 Å². The van der Waals surface area contributed by atoms with Crippen LogP contribution in [0.1, 0.15) is 44.2 Å². The van der Waals surface area contributed by atoms with E-state index in [2.05, 4.69) is 0 Å². The molecular formula is C18H17ClN2O2S. The highest BCUT2D eigenvalue weighted by Gasteiger charge is 2.48. The number of hydrogen-bond acceptors (Lipinski definition) is 4. The largest absolute Gasteiger partial charge is 0.298 e. The Balaban J connectivity index is 1.83. The molecule has 0 N–H and O–H groups in total. The third-order valence-electron chi connectivity index (χ3n) is 4.75. The van der Waals surface area contributed by atoms with Gasteiger partial charge in [-0.1, -0.05) is 35.5 Å². The maximum Gasteiger partial charge on any atom is 0.250 e. The molecule has 3 aliphatic rings. The molecule has 2 aliphatic heterocycles. The Morgan fingerprint density at radius 2 is 1.96 bits per heavy atom. The summed E-state index contributed by atoms with van der Waals surface area (Å²) < 4.78 is 0. The van der Waals surface area contributed by atoms with E-state index >= 15 is 0 Å². The number of Topliss-reactive ketones (excluding diaryl/α,β-unsaturated/α-hetero) is 1. The Labute approximate surface area is 150 Å². The summed E-state index contributed by atoms with van der Waals surface area (Å²) in [4.78, 5) is 31.2. The summed E-state index contributed by atoms with van der Waals surface area (Å²) in [6.07, 6.45) is 4.12. The van der Waals surface area contributed by atoms with Gasteiger partial charge in [-0.05, 0) is 55.9 Å². The summed E-state index contributed by atoms with van der Waals surface area (Å²) in [7, 11) is 0. The number of fused-ring (bicyclic) bond motifs is 1. The first-order valence-corrected chi connectivity index (χ1v) is 9.38. The van der Waals surface area contributed by atoms with Crippen molar-refractivity contribution in [3.05, 3.63) is 46.1 Å². The van der Waals surface area contributed by atoms with Crippen LogP contribution in [0.2, 0.25) is 5.02 Å². The summed E-state index contributed by atoms with van der Waals surface area (Å²) in [5.74, 6) is -0.266. The van der Waals surface area contributed by atoms with E-state index < -0.39 is 5.25 Å². The lowest BCUT2D eigenvalue weighted by Gasteiger charge is -2.36. The molecule has 1 aromatic rings. The van der Waals surface area contributed by atoms with Gasteiger partial charge in [-0.3, -0.25) is 14.5 Å². The van der Waals surface area contributed by atoms with E-state index in [9.17, 15) is 9.59 Å². The average Bonchev–Trinajstić information content (AvgIpc) is 2.90. The molecule has 1 aliphatic carbocycles. The number of carbonyl (C=O) groups excluding carboxylic acids is 2. The van der Waals surface area contributed by atoms with Gasteiger partial charge in [0.15, 0.2) is 11.0 Å². The minimum atomic E-state index is -0.667. The van der Waals surface area contributed by atoms with Crippen LogP contribution in [-0.4, -0.2) is 27.0 Å². The van der Waals surface area contributed by atoms with Crippen LogP contribution in [0.15, 0.2) is 40.5 Å². The Bertz CT molecular complexity index is 785. The van der Waals surface area contributed by atoms with E-state index in [1.165, 1.54) is 24.3 Å². The molecule has 0 saturated carbocycles. The summed E-state index contributed by atoms with van der Waals surface area (Å²) in [5.41, 5.74) is 3.33. The maximum absolute atomic E-state index is 12.9. The summed E-state index contributed by atoms with van der Waals surface area (Å²) >= 11 is 7.31. The van der Waals surface area contributed by atoms with Crippen LogP contribution >= 0.6 is 23.4 Å². The van der Waals surface area contributed by atoms with Gasteiger partial charge in [0.2, 0.25) is 0 Å². The first-order chi connectivity index (χ1) is 11.6. The highest BCUT2D eigenvalue weighted by Crippen LogP contribution is 2.47. The second-order valence-corrected chi connectivity index (χ2v) is 7.85. The van der Waals surface area contributed by atoms with Gasteiger partial charge in [0.05, 0.1) is 6.04 Å². The second kappa shape index (κ2) is 6.05. The third kappa shape index (κ3) is 2.50.